The monoisotopic (exact) mass is 424 g/mol. The van der Waals surface area contributed by atoms with Crippen LogP contribution in [-0.2, 0) is 30.4 Å². The minimum Gasteiger partial charge on any atom is -0.356 e. The zero-order valence-corrected chi connectivity index (χ0v) is 16.9. The number of thiophene rings is 1. The van der Waals surface area contributed by atoms with E-state index in [1.54, 1.807) is 18.4 Å². The summed E-state index contributed by atoms with van der Waals surface area (Å²) in [7, 11) is 1.61. The van der Waals surface area contributed by atoms with Crippen molar-refractivity contribution in [1.82, 2.24) is 15.5 Å². The minimum absolute atomic E-state index is 0.00698. The molecule has 29 heavy (non-hydrogen) atoms. The van der Waals surface area contributed by atoms with Crippen LogP contribution in [0.1, 0.15) is 21.6 Å². The molecule has 2 N–H and O–H groups in total. The van der Waals surface area contributed by atoms with Gasteiger partial charge in [0.05, 0.1) is 12.1 Å². The molecule has 0 saturated heterocycles. The van der Waals surface area contributed by atoms with Gasteiger partial charge in [-0.1, -0.05) is 12.1 Å². The number of amides is 1. The highest BCUT2D eigenvalue weighted by Crippen LogP contribution is 2.29. The molecule has 2 aromatic rings. The molecular formula is C20H23F3N4OS. The summed E-state index contributed by atoms with van der Waals surface area (Å²) in [6.07, 6.45) is -2.90. The van der Waals surface area contributed by atoms with Gasteiger partial charge in [-0.3, -0.25) is 9.79 Å². The Morgan fingerprint density at radius 3 is 2.66 bits per heavy atom. The topological polar surface area (TPSA) is 56.7 Å². The molecule has 0 unspecified atom stereocenters. The summed E-state index contributed by atoms with van der Waals surface area (Å²) in [6, 6.07) is 7.17. The summed E-state index contributed by atoms with van der Waals surface area (Å²) in [6.45, 7) is 1.98. The molecule has 9 heteroatoms. The predicted molar refractivity (Wildman–Crippen MR) is 108 cm³/mol. The van der Waals surface area contributed by atoms with Gasteiger partial charge >= 0.3 is 6.18 Å². The van der Waals surface area contributed by atoms with Crippen LogP contribution >= 0.6 is 11.3 Å². The Hall–Kier alpha value is -2.55. The van der Waals surface area contributed by atoms with Gasteiger partial charge in [-0.15, -0.1) is 11.3 Å². The summed E-state index contributed by atoms with van der Waals surface area (Å²) >= 11 is 1.73. The third-order valence-corrected chi connectivity index (χ3v) is 5.80. The van der Waals surface area contributed by atoms with E-state index in [1.807, 2.05) is 4.90 Å². The highest BCUT2D eigenvalue weighted by atomic mass is 32.1. The first-order chi connectivity index (χ1) is 13.9. The Morgan fingerprint density at radius 1 is 1.21 bits per heavy atom. The average molecular weight is 424 g/mol. The third kappa shape index (κ3) is 5.72. The maximum atomic E-state index is 12.6. The smallest absolute Gasteiger partial charge is 0.356 e. The van der Waals surface area contributed by atoms with Crippen molar-refractivity contribution in [2.24, 2.45) is 4.99 Å². The van der Waals surface area contributed by atoms with Crippen molar-refractivity contribution < 1.29 is 18.0 Å². The van der Waals surface area contributed by atoms with Gasteiger partial charge in [-0.05, 0) is 47.5 Å². The Labute approximate surface area is 171 Å². The molecule has 1 aliphatic heterocycles. The fraction of sp³-hybridized carbons (Fsp3) is 0.400. The number of carbonyl (C=O) groups is 1. The molecule has 0 atom stereocenters. The van der Waals surface area contributed by atoms with Crippen LogP contribution in [0.2, 0.25) is 0 Å². The van der Waals surface area contributed by atoms with Crippen molar-refractivity contribution in [1.29, 1.82) is 0 Å². The van der Waals surface area contributed by atoms with E-state index in [0.29, 0.717) is 32.0 Å². The van der Waals surface area contributed by atoms with Crippen LogP contribution in [0, 0.1) is 0 Å². The summed E-state index contributed by atoms with van der Waals surface area (Å²) in [5.74, 6) is 0.492. The number of nitrogens with one attached hydrogen (secondary N) is 2. The van der Waals surface area contributed by atoms with E-state index in [1.165, 1.54) is 22.6 Å². The second-order valence-corrected chi connectivity index (χ2v) is 7.73. The number of nitrogens with zero attached hydrogens (tertiary/aromatic N) is 2. The van der Waals surface area contributed by atoms with E-state index in [2.05, 4.69) is 27.1 Å². The number of rotatable bonds is 5. The van der Waals surface area contributed by atoms with E-state index in [9.17, 15) is 18.0 Å². The molecule has 2 heterocycles. The summed E-state index contributed by atoms with van der Waals surface area (Å²) in [5, 5.41) is 8.14. The lowest BCUT2D eigenvalue weighted by Gasteiger charge is -2.27. The molecule has 5 nitrogen and oxygen atoms in total. The largest absolute Gasteiger partial charge is 0.416 e. The van der Waals surface area contributed by atoms with E-state index >= 15 is 0 Å². The molecule has 0 fully saturated rings. The summed E-state index contributed by atoms with van der Waals surface area (Å²) in [5.41, 5.74) is 1.35. The molecule has 1 amide bonds. The number of fused-ring (bicyclic) bond motifs is 1. The first kappa shape index (κ1) is 21.2. The average Bonchev–Trinajstić information content (AvgIpc) is 3.17. The number of aliphatic imine (C=N–C) groups is 1. The van der Waals surface area contributed by atoms with Gasteiger partial charge in [-0.2, -0.15) is 13.2 Å². The van der Waals surface area contributed by atoms with Gasteiger partial charge in [0, 0.05) is 31.6 Å². The van der Waals surface area contributed by atoms with Gasteiger partial charge in [0.25, 0.3) is 0 Å². The van der Waals surface area contributed by atoms with Gasteiger partial charge in [0.15, 0.2) is 5.96 Å². The molecule has 0 aliphatic carbocycles. The van der Waals surface area contributed by atoms with Crippen LogP contribution in [0.15, 0.2) is 40.7 Å². The normalized spacial score (nSPS) is 14.5. The molecule has 1 aromatic carbocycles. The van der Waals surface area contributed by atoms with E-state index in [0.717, 1.165) is 24.1 Å². The maximum absolute atomic E-state index is 12.6. The zero-order chi connectivity index (χ0) is 20.9. The van der Waals surface area contributed by atoms with Crippen molar-refractivity contribution in [2.45, 2.75) is 25.6 Å². The van der Waals surface area contributed by atoms with E-state index in [4.69, 9.17) is 0 Å². The third-order valence-electron chi connectivity index (χ3n) is 4.78. The van der Waals surface area contributed by atoms with Crippen molar-refractivity contribution >= 4 is 23.2 Å². The number of alkyl halides is 3. The molecule has 0 bridgehead atoms. The lowest BCUT2D eigenvalue weighted by molar-refractivity contribution is -0.137. The second-order valence-electron chi connectivity index (χ2n) is 6.73. The highest BCUT2D eigenvalue weighted by Gasteiger charge is 2.29. The molecule has 0 saturated carbocycles. The first-order valence-electron chi connectivity index (χ1n) is 9.30. The predicted octanol–water partition coefficient (Wildman–Crippen LogP) is 3.06. The Bertz CT molecular complexity index is 861. The van der Waals surface area contributed by atoms with Crippen LogP contribution in [0.4, 0.5) is 13.2 Å². The number of hydrogen-bond acceptors (Lipinski definition) is 3. The summed E-state index contributed by atoms with van der Waals surface area (Å²) in [4.78, 5) is 19.7. The minimum atomic E-state index is -4.32. The quantitative estimate of drug-likeness (QED) is 0.573. The molecule has 0 spiro atoms. The van der Waals surface area contributed by atoms with Crippen molar-refractivity contribution in [3.8, 4) is 0 Å². The second kappa shape index (κ2) is 9.30. The fourth-order valence-corrected chi connectivity index (χ4v) is 4.03. The Morgan fingerprint density at radius 2 is 1.97 bits per heavy atom. The van der Waals surface area contributed by atoms with Crippen molar-refractivity contribution in [3.63, 3.8) is 0 Å². The standard InChI is InChI=1S/C20H23F3N4OS/c1-24-19(25-9-6-14-2-4-16(5-3-14)20(21,22)23)26-12-18(28)27-10-7-17-15(13-27)8-11-29-17/h2-5,8,11H,6-7,9-10,12-13H2,1H3,(H2,24,25,26). The Kier molecular flexibility index (Phi) is 6.79. The fourth-order valence-electron chi connectivity index (χ4n) is 3.14. The molecule has 1 aromatic heterocycles. The van der Waals surface area contributed by atoms with E-state index < -0.39 is 11.7 Å². The number of benzene rings is 1. The van der Waals surface area contributed by atoms with Crippen molar-refractivity contribution in [3.05, 3.63) is 57.3 Å². The summed E-state index contributed by atoms with van der Waals surface area (Å²) < 4.78 is 37.8. The van der Waals surface area contributed by atoms with Crippen LogP contribution in [0.3, 0.4) is 0 Å². The number of guanidine groups is 1. The Balaban J connectivity index is 1.41. The molecular weight excluding hydrogens is 401 g/mol. The van der Waals surface area contributed by atoms with Crippen LogP contribution in [0.5, 0.6) is 0 Å². The van der Waals surface area contributed by atoms with Gasteiger partial charge in [0.2, 0.25) is 5.91 Å². The van der Waals surface area contributed by atoms with Crippen LogP contribution in [-0.4, -0.2) is 43.4 Å². The zero-order valence-electron chi connectivity index (χ0n) is 16.1. The number of halogens is 3. The first-order valence-corrected chi connectivity index (χ1v) is 10.2. The van der Waals surface area contributed by atoms with E-state index in [-0.39, 0.29) is 12.5 Å². The van der Waals surface area contributed by atoms with Gasteiger partial charge in [-0.25, -0.2) is 0 Å². The lowest BCUT2D eigenvalue weighted by Crippen LogP contribution is -2.46. The molecule has 1 aliphatic rings. The maximum Gasteiger partial charge on any atom is 0.416 e. The van der Waals surface area contributed by atoms with Gasteiger partial charge in [0.1, 0.15) is 0 Å². The SMILES string of the molecule is CN=C(NCCc1ccc(C(F)(F)F)cc1)NCC(=O)N1CCc2sccc2C1. The van der Waals surface area contributed by atoms with Crippen LogP contribution < -0.4 is 10.6 Å². The number of hydrogen-bond donors (Lipinski definition) is 2. The molecule has 3 rings (SSSR count). The lowest BCUT2D eigenvalue weighted by atomic mass is 10.1. The number of carbonyl (C=O) groups excluding carboxylic acids is 1. The van der Waals surface area contributed by atoms with Crippen molar-refractivity contribution in [2.75, 3.05) is 26.7 Å². The van der Waals surface area contributed by atoms with Crippen LogP contribution in [0.25, 0.3) is 0 Å². The van der Waals surface area contributed by atoms with Gasteiger partial charge < -0.3 is 15.5 Å². The molecule has 156 valence electrons. The highest BCUT2D eigenvalue weighted by molar-refractivity contribution is 7.10. The molecule has 0 radical (unpaired) electrons.